The van der Waals surface area contributed by atoms with E-state index in [-0.39, 0.29) is 23.2 Å². The standard InChI is InChI=1S/C17H12ClFN6O/c1-9-2-5-11(18)8-13(9)25-15(20)14(22-24-25)17-21-16(23-26-17)10-3-6-12(19)7-4-10/h2-8H,20H2,1H3. The summed E-state index contributed by atoms with van der Waals surface area (Å²) in [6, 6.07) is 11.1. The van der Waals surface area contributed by atoms with Crippen LogP contribution < -0.4 is 5.73 Å². The van der Waals surface area contributed by atoms with Crippen molar-refractivity contribution in [1.29, 1.82) is 0 Å². The van der Waals surface area contributed by atoms with Crippen molar-refractivity contribution in [1.82, 2.24) is 25.1 Å². The van der Waals surface area contributed by atoms with Crippen LogP contribution in [0.15, 0.2) is 47.0 Å². The number of nitrogens with zero attached hydrogens (tertiary/aromatic N) is 5. The third-order valence-electron chi connectivity index (χ3n) is 3.84. The summed E-state index contributed by atoms with van der Waals surface area (Å²) in [5.41, 5.74) is 8.66. The quantitative estimate of drug-likeness (QED) is 0.591. The number of aryl methyl sites for hydroxylation is 1. The molecule has 0 fully saturated rings. The van der Waals surface area contributed by atoms with Gasteiger partial charge in [0.15, 0.2) is 11.5 Å². The molecule has 0 bridgehead atoms. The highest BCUT2D eigenvalue weighted by Gasteiger charge is 2.20. The van der Waals surface area contributed by atoms with Gasteiger partial charge in [0.25, 0.3) is 5.89 Å². The molecule has 0 radical (unpaired) electrons. The van der Waals surface area contributed by atoms with E-state index >= 15 is 0 Å². The Kier molecular flexibility index (Phi) is 3.89. The van der Waals surface area contributed by atoms with Crippen LogP contribution in [-0.4, -0.2) is 25.1 Å². The molecular weight excluding hydrogens is 359 g/mol. The van der Waals surface area contributed by atoms with E-state index in [0.29, 0.717) is 22.1 Å². The van der Waals surface area contributed by atoms with Gasteiger partial charge in [0.05, 0.1) is 5.69 Å². The van der Waals surface area contributed by atoms with Crippen molar-refractivity contribution < 1.29 is 8.91 Å². The molecule has 2 heterocycles. The van der Waals surface area contributed by atoms with Crippen LogP contribution in [0.3, 0.4) is 0 Å². The van der Waals surface area contributed by atoms with E-state index in [1.54, 1.807) is 24.3 Å². The molecule has 0 amide bonds. The minimum absolute atomic E-state index is 0.118. The average molecular weight is 371 g/mol. The van der Waals surface area contributed by atoms with E-state index in [0.717, 1.165) is 5.56 Å². The summed E-state index contributed by atoms with van der Waals surface area (Å²) in [6.07, 6.45) is 0. The molecule has 0 aliphatic rings. The number of anilines is 1. The Labute approximate surface area is 152 Å². The van der Waals surface area contributed by atoms with E-state index in [1.807, 2.05) is 13.0 Å². The van der Waals surface area contributed by atoms with E-state index in [1.165, 1.54) is 16.8 Å². The molecule has 4 aromatic rings. The number of hydrogen-bond acceptors (Lipinski definition) is 6. The summed E-state index contributed by atoms with van der Waals surface area (Å²) in [4.78, 5) is 4.27. The second-order valence-electron chi connectivity index (χ2n) is 5.60. The number of nitrogens with two attached hydrogens (primary N) is 1. The Morgan fingerprint density at radius 1 is 1.15 bits per heavy atom. The maximum absolute atomic E-state index is 13.0. The molecular formula is C17H12ClFN6O. The summed E-state index contributed by atoms with van der Waals surface area (Å²) in [7, 11) is 0. The fraction of sp³-hybridized carbons (Fsp3) is 0.0588. The summed E-state index contributed by atoms with van der Waals surface area (Å²) >= 11 is 6.06. The summed E-state index contributed by atoms with van der Waals surface area (Å²) in [6.45, 7) is 1.91. The highest BCUT2D eigenvalue weighted by molar-refractivity contribution is 6.30. The van der Waals surface area contributed by atoms with Gasteiger partial charge in [0, 0.05) is 10.6 Å². The number of aromatic nitrogens is 5. The lowest BCUT2D eigenvalue weighted by atomic mass is 10.2. The van der Waals surface area contributed by atoms with Gasteiger partial charge in [-0.3, -0.25) is 0 Å². The molecule has 2 aromatic heterocycles. The number of halogens is 2. The third-order valence-corrected chi connectivity index (χ3v) is 4.07. The zero-order valence-electron chi connectivity index (χ0n) is 13.5. The van der Waals surface area contributed by atoms with E-state index in [9.17, 15) is 4.39 Å². The van der Waals surface area contributed by atoms with Gasteiger partial charge in [-0.2, -0.15) is 9.67 Å². The number of hydrogen-bond donors (Lipinski definition) is 1. The van der Waals surface area contributed by atoms with E-state index in [2.05, 4.69) is 20.5 Å². The molecule has 4 rings (SSSR count). The molecule has 0 spiro atoms. The average Bonchev–Trinajstić information content (AvgIpc) is 3.24. The van der Waals surface area contributed by atoms with Crippen molar-refractivity contribution in [3.8, 4) is 28.7 Å². The van der Waals surface area contributed by atoms with Crippen LogP contribution in [0.4, 0.5) is 10.2 Å². The van der Waals surface area contributed by atoms with Crippen molar-refractivity contribution in [2.75, 3.05) is 5.73 Å². The Bertz CT molecular complexity index is 1090. The van der Waals surface area contributed by atoms with Gasteiger partial charge in [-0.25, -0.2) is 4.39 Å². The van der Waals surface area contributed by atoms with Crippen LogP contribution in [0.2, 0.25) is 5.02 Å². The minimum atomic E-state index is -0.346. The fourth-order valence-electron chi connectivity index (χ4n) is 2.47. The predicted octanol–water partition coefficient (Wildman–Crippen LogP) is 3.67. The van der Waals surface area contributed by atoms with E-state index in [4.69, 9.17) is 21.9 Å². The smallest absolute Gasteiger partial charge is 0.282 e. The van der Waals surface area contributed by atoms with Crippen LogP contribution >= 0.6 is 11.6 Å². The first-order valence-electron chi connectivity index (χ1n) is 7.60. The van der Waals surface area contributed by atoms with Gasteiger partial charge in [0.2, 0.25) is 5.82 Å². The topological polar surface area (TPSA) is 95.6 Å². The molecule has 0 aliphatic carbocycles. The largest absolute Gasteiger partial charge is 0.382 e. The molecule has 7 nitrogen and oxygen atoms in total. The normalized spacial score (nSPS) is 11.0. The Hall–Kier alpha value is -3.26. The first kappa shape index (κ1) is 16.2. The molecule has 0 atom stereocenters. The summed E-state index contributed by atoms with van der Waals surface area (Å²) in [5.74, 6) is 0.312. The first-order valence-corrected chi connectivity index (χ1v) is 7.98. The maximum atomic E-state index is 13.0. The first-order chi connectivity index (χ1) is 12.5. The molecule has 130 valence electrons. The van der Waals surface area contributed by atoms with Crippen LogP contribution in [0.5, 0.6) is 0 Å². The SMILES string of the molecule is Cc1ccc(Cl)cc1-n1nnc(-c2nc(-c3ccc(F)cc3)no2)c1N. The van der Waals surface area contributed by atoms with Crippen LogP contribution in [-0.2, 0) is 0 Å². The molecule has 0 saturated carbocycles. The minimum Gasteiger partial charge on any atom is -0.382 e. The zero-order valence-corrected chi connectivity index (χ0v) is 14.3. The molecule has 2 aromatic carbocycles. The van der Waals surface area contributed by atoms with Gasteiger partial charge < -0.3 is 10.3 Å². The Morgan fingerprint density at radius 3 is 2.69 bits per heavy atom. The monoisotopic (exact) mass is 370 g/mol. The van der Waals surface area contributed by atoms with Crippen LogP contribution in [0.25, 0.3) is 28.7 Å². The van der Waals surface area contributed by atoms with Gasteiger partial charge in [-0.15, -0.1) is 5.10 Å². The van der Waals surface area contributed by atoms with Gasteiger partial charge >= 0.3 is 0 Å². The van der Waals surface area contributed by atoms with Crippen molar-refractivity contribution in [2.24, 2.45) is 0 Å². The van der Waals surface area contributed by atoms with Gasteiger partial charge in [-0.05, 0) is 48.9 Å². The third kappa shape index (κ3) is 2.80. The summed E-state index contributed by atoms with van der Waals surface area (Å²) < 4.78 is 19.7. The van der Waals surface area contributed by atoms with Crippen molar-refractivity contribution in [3.05, 3.63) is 58.9 Å². The molecule has 26 heavy (non-hydrogen) atoms. The number of rotatable bonds is 3. The van der Waals surface area contributed by atoms with Crippen LogP contribution in [0.1, 0.15) is 5.56 Å². The molecule has 0 aliphatic heterocycles. The second kappa shape index (κ2) is 6.23. The van der Waals surface area contributed by atoms with Crippen molar-refractivity contribution in [3.63, 3.8) is 0 Å². The fourth-order valence-corrected chi connectivity index (χ4v) is 2.63. The molecule has 2 N–H and O–H groups in total. The Morgan fingerprint density at radius 2 is 1.92 bits per heavy atom. The van der Waals surface area contributed by atoms with Crippen molar-refractivity contribution in [2.45, 2.75) is 6.92 Å². The highest BCUT2D eigenvalue weighted by Crippen LogP contribution is 2.28. The zero-order chi connectivity index (χ0) is 18.3. The Balaban J connectivity index is 1.73. The highest BCUT2D eigenvalue weighted by atomic mass is 35.5. The maximum Gasteiger partial charge on any atom is 0.282 e. The second-order valence-corrected chi connectivity index (χ2v) is 6.03. The lowest BCUT2D eigenvalue weighted by Gasteiger charge is -2.07. The summed E-state index contributed by atoms with van der Waals surface area (Å²) in [5, 5.41) is 12.5. The lowest BCUT2D eigenvalue weighted by Crippen LogP contribution is -2.04. The van der Waals surface area contributed by atoms with Crippen LogP contribution in [0, 0.1) is 12.7 Å². The number of nitrogen functional groups attached to an aromatic ring is 1. The van der Waals surface area contributed by atoms with Crippen molar-refractivity contribution >= 4 is 17.4 Å². The van der Waals surface area contributed by atoms with E-state index < -0.39 is 0 Å². The van der Waals surface area contributed by atoms with Gasteiger partial charge in [0.1, 0.15) is 5.82 Å². The lowest BCUT2D eigenvalue weighted by molar-refractivity contribution is 0.431. The number of benzene rings is 2. The molecule has 0 unspecified atom stereocenters. The molecule has 0 saturated heterocycles. The predicted molar refractivity (Wildman–Crippen MR) is 94.2 cm³/mol. The van der Waals surface area contributed by atoms with Gasteiger partial charge in [-0.1, -0.05) is 28.0 Å². The molecule has 9 heteroatoms.